The Bertz CT molecular complexity index is 951. The van der Waals surface area contributed by atoms with Gasteiger partial charge in [0, 0.05) is 16.7 Å². The normalized spacial score (nSPS) is 17.2. The molecule has 0 amide bonds. The van der Waals surface area contributed by atoms with Gasteiger partial charge in [-0.25, -0.2) is 8.42 Å². The summed E-state index contributed by atoms with van der Waals surface area (Å²) in [6.07, 6.45) is 1.12. The van der Waals surface area contributed by atoms with Gasteiger partial charge in [-0.1, -0.05) is 0 Å². The zero-order chi connectivity index (χ0) is 17.7. The van der Waals surface area contributed by atoms with E-state index >= 15 is 0 Å². The minimum atomic E-state index is -3.31. The van der Waals surface area contributed by atoms with Crippen LogP contribution in [-0.2, 0) is 19.4 Å². The molecule has 1 aromatic carbocycles. The van der Waals surface area contributed by atoms with E-state index in [1.165, 1.54) is 18.2 Å². The molecule has 0 saturated heterocycles. The molecule has 126 valence electrons. The third-order valence-corrected chi connectivity index (χ3v) is 5.74. The standard InChI is InChI=1S/C17H15FO4S2/c1-17(2)16(19)14(12-8-9-13(18)23-12)15(22-17)10-4-6-11(7-5-10)24(3,20)21/h4-9H,1-3H3. The van der Waals surface area contributed by atoms with E-state index in [2.05, 4.69) is 0 Å². The SMILES string of the molecule is CC1(C)OC(c2ccc(S(C)(=O)=O)cc2)=C(c2ccc(F)s2)C1=O. The van der Waals surface area contributed by atoms with Gasteiger partial charge >= 0.3 is 0 Å². The summed E-state index contributed by atoms with van der Waals surface area (Å²) in [6.45, 7) is 3.30. The summed E-state index contributed by atoms with van der Waals surface area (Å²) >= 11 is 0.874. The van der Waals surface area contributed by atoms with Gasteiger partial charge in [-0.15, -0.1) is 11.3 Å². The molecule has 2 aromatic rings. The van der Waals surface area contributed by atoms with E-state index in [4.69, 9.17) is 4.74 Å². The van der Waals surface area contributed by atoms with Crippen LogP contribution >= 0.6 is 11.3 Å². The fourth-order valence-corrected chi connectivity index (χ4v) is 3.89. The highest BCUT2D eigenvalue weighted by molar-refractivity contribution is 7.90. The van der Waals surface area contributed by atoms with E-state index in [0.29, 0.717) is 21.8 Å². The van der Waals surface area contributed by atoms with Gasteiger partial charge in [0.15, 0.2) is 20.6 Å². The lowest BCUT2D eigenvalue weighted by atomic mass is 9.97. The van der Waals surface area contributed by atoms with Crippen molar-refractivity contribution < 1.29 is 22.3 Å². The second kappa shape index (κ2) is 5.53. The second-order valence-electron chi connectivity index (χ2n) is 6.05. The molecular weight excluding hydrogens is 351 g/mol. The maximum atomic E-state index is 13.4. The lowest BCUT2D eigenvalue weighted by Crippen LogP contribution is -2.29. The Kier molecular flexibility index (Phi) is 3.88. The molecule has 0 atom stereocenters. The largest absolute Gasteiger partial charge is 0.478 e. The third kappa shape index (κ3) is 2.89. The van der Waals surface area contributed by atoms with Crippen LogP contribution in [0.4, 0.5) is 4.39 Å². The van der Waals surface area contributed by atoms with Crippen molar-refractivity contribution in [1.82, 2.24) is 0 Å². The van der Waals surface area contributed by atoms with E-state index in [9.17, 15) is 17.6 Å². The molecule has 0 unspecified atom stereocenters. The number of ether oxygens (including phenoxy) is 1. The Morgan fingerprint density at radius 3 is 2.21 bits per heavy atom. The molecular formula is C17H15FO4S2. The fourth-order valence-electron chi connectivity index (χ4n) is 2.49. The molecule has 0 spiro atoms. The quantitative estimate of drug-likeness (QED) is 0.834. The molecule has 0 N–H and O–H groups in total. The number of carbonyl (C=O) groups is 1. The van der Waals surface area contributed by atoms with Crippen molar-refractivity contribution in [3.63, 3.8) is 0 Å². The lowest BCUT2D eigenvalue weighted by molar-refractivity contribution is -0.125. The summed E-state index contributed by atoms with van der Waals surface area (Å²) in [6, 6.07) is 8.94. The van der Waals surface area contributed by atoms with E-state index < -0.39 is 15.4 Å². The smallest absolute Gasteiger partial charge is 0.210 e. The number of benzene rings is 1. The van der Waals surface area contributed by atoms with Crippen molar-refractivity contribution in [2.24, 2.45) is 0 Å². The molecule has 1 aromatic heterocycles. The average molecular weight is 366 g/mol. The minimum Gasteiger partial charge on any atom is -0.478 e. The van der Waals surface area contributed by atoms with E-state index in [-0.39, 0.29) is 15.8 Å². The molecule has 2 heterocycles. The number of carbonyl (C=O) groups excluding carboxylic acids is 1. The molecule has 1 aliphatic heterocycles. The summed E-state index contributed by atoms with van der Waals surface area (Å²) in [5.41, 5.74) is -0.160. The molecule has 4 nitrogen and oxygen atoms in total. The maximum Gasteiger partial charge on any atom is 0.210 e. The molecule has 24 heavy (non-hydrogen) atoms. The van der Waals surface area contributed by atoms with Crippen molar-refractivity contribution in [2.45, 2.75) is 24.3 Å². The van der Waals surface area contributed by atoms with Crippen molar-refractivity contribution in [3.8, 4) is 0 Å². The van der Waals surface area contributed by atoms with Crippen molar-refractivity contribution >= 4 is 38.3 Å². The Labute approximate surface area is 143 Å². The summed E-state index contributed by atoms with van der Waals surface area (Å²) in [4.78, 5) is 13.3. The first kappa shape index (κ1) is 16.9. The van der Waals surface area contributed by atoms with Crippen LogP contribution in [0.1, 0.15) is 24.3 Å². The number of rotatable bonds is 3. The van der Waals surface area contributed by atoms with Gasteiger partial charge in [0.2, 0.25) is 5.78 Å². The fraction of sp³-hybridized carbons (Fsp3) is 0.235. The van der Waals surface area contributed by atoms with E-state index in [1.54, 1.807) is 32.0 Å². The molecule has 3 rings (SSSR count). The zero-order valence-electron chi connectivity index (χ0n) is 13.3. The molecule has 0 aliphatic carbocycles. The third-order valence-electron chi connectivity index (χ3n) is 3.72. The Hall–Kier alpha value is -1.99. The molecule has 0 fully saturated rings. The zero-order valence-corrected chi connectivity index (χ0v) is 14.9. The van der Waals surface area contributed by atoms with Gasteiger partial charge in [0.05, 0.1) is 10.5 Å². The van der Waals surface area contributed by atoms with Crippen LogP contribution in [-0.4, -0.2) is 26.1 Å². The summed E-state index contributed by atoms with van der Waals surface area (Å²) < 4.78 is 42.3. The van der Waals surface area contributed by atoms with Crippen LogP contribution < -0.4 is 0 Å². The molecule has 1 aliphatic rings. The number of halogens is 1. The Morgan fingerprint density at radius 1 is 1.08 bits per heavy atom. The van der Waals surface area contributed by atoms with Gasteiger partial charge in [0.1, 0.15) is 5.76 Å². The van der Waals surface area contributed by atoms with Gasteiger partial charge in [-0.2, -0.15) is 4.39 Å². The number of ketones is 1. The van der Waals surface area contributed by atoms with Crippen LogP contribution in [0.3, 0.4) is 0 Å². The first-order chi connectivity index (χ1) is 11.1. The number of sulfone groups is 1. The van der Waals surface area contributed by atoms with Crippen LogP contribution in [0.5, 0.6) is 0 Å². The van der Waals surface area contributed by atoms with Crippen molar-refractivity contribution in [3.05, 3.63) is 52.0 Å². The van der Waals surface area contributed by atoms with Crippen LogP contribution in [0.15, 0.2) is 41.3 Å². The topological polar surface area (TPSA) is 60.4 Å². The summed E-state index contributed by atoms with van der Waals surface area (Å²) in [7, 11) is -3.31. The van der Waals surface area contributed by atoms with Gasteiger partial charge in [-0.05, 0) is 50.2 Å². The number of Topliss-reactive ketones (excluding diaryl/α,β-unsaturated/α-hetero) is 1. The van der Waals surface area contributed by atoms with Crippen LogP contribution in [0.25, 0.3) is 11.3 Å². The lowest BCUT2D eigenvalue weighted by Gasteiger charge is -2.17. The number of thiophene rings is 1. The van der Waals surface area contributed by atoms with Crippen molar-refractivity contribution in [2.75, 3.05) is 6.26 Å². The number of hydrogen-bond donors (Lipinski definition) is 0. The molecule has 0 radical (unpaired) electrons. The number of hydrogen-bond acceptors (Lipinski definition) is 5. The Balaban J connectivity index is 2.15. The second-order valence-corrected chi connectivity index (χ2v) is 9.10. The highest BCUT2D eigenvalue weighted by Gasteiger charge is 2.43. The summed E-state index contributed by atoms with van der Waals surface area (Å²) in [5.74, 6) is 0.110. The highest BCUT2D eigenvalue weighted by atomic mass is 32.2. The van der Waals surface area contributed by atoms with Crippen molar-refractivity contribution in [1.29, 1.82) is 0 Å². The maximum absolute atomic E-state index is 13.4. The summed E-state index contributed by atoms with van der Waals surface area (Å²) in [5, 5.41) is -0.387. The predicted octanol–water partition coefficient (Wildman–Crippen LogP) is 3.54. The van der Waals surface area contributed by atoms with E-state index in [0.717, 1.165) is 17.6 Å². The predicted molar refractivity (Wildman–Crippen MR) is 90.8 cm³/mol. The first-order valence-corrected chi connectivity index (χ1v) is 9.85. The molecule has 0 saturated carbocycles. The van der Waals surface area contributed by atoms with Gasteiger partial charge in [-0.3, -0.25) is 4.79 Å². The minimum absolute atomic E-state index is 0.180. The Morgan fingerprint density at radius 2 is 1.71 bits per heavy atom. The first-order valence-electron chi connectivity index (χ1n) is 7.14. The van der Waals surface area contributed by atoms with E-state index in [1.807, 2.05) is 0 Å². The average Bonchev–Trinajstić information content (AvgIpc) is 3.00. The van der Waals surface area contributed by atoms with Gasteiger partial charge < -0.3 is 4.74 Å². The van der Waals surface area contributed by atoms with Crippen LogP contribution in [0, 0.1) is 5.13 Å². The monoisotopic (exact) mass is 366 g/mol. The van der Waals surface area contributed by atoms with Crippen LogP contribution in [0.2, 0.25) is 0 Å². The van der Waals surface area contributed by atoms with Gasteiger partial charge in [0.25, 0.3) is 0 Å². The highest BCUT2D eigenvalue weighted by Crippen LogP contribution is 2.43. The molecule has 7 heteroatoms. The molecule has 0 bridgehead atoms.